The maximum atomic E-state index is 11.6. The Morgan fingerprint density at radius 3 is 2.57 bits per heavy atom. The first kappa shape index (κ1) is 11.0. The molecule has 0 aromatic carbocycles. The molecule has 1 N–H and O–H groups in total. The van der Waals surface area contributed by atoms with E-state index in [1.165, 1.54) is 0 Å². The summed E-state index contributed by atoms with van der Waals surface area (Å²) < 4.78 is 0. The second-order valence-electron chi connectivity index (χ2n) is 4.41. The Kier molecular flexibility index (Phi) is 2.83. The highest BCUT2D eigenvalue weighted by Crippen LogP contribution is 2.28. The van der Waals surface area contributed by atoms with E-state index < -0.39 is 11.9 Å². The van der Waals surface area contributed by atoms with Crippen LogP contribution in [0.3, 0.4) is 0 Å². The molecule has 0 bridgehead atoms. The number of carbonyl (C=O) groups excluding carboxylic acids is 1. The molecule has 0 unspecified atom stereocenters. The number of rotatable bonds is 3. The fourth-order valence-electron chi connectivity index (χ4n) is 1.65. The van der Waals surface area contributed by atoms with Crippen LogP contribution in [0.2, 0.25) is 0 Å². The molecule has 1 aliphatic rings. The van der Waals surface area contributed by atoms with Gasteiger partial charge in [0.05, 0.1) is 5.92 Å². The van der Waals surface area contributed by atoms with E-state index in [2.05, 4.69) is 0 Å². The zero-order valence-electron chi connectivity index (χ0n) is 8.91. The Morgan fingerprint density at radius 1 is 1.64 bits per heavy atom. The number of hydrogen-bond donors (Lipinski definition) is 1. The van der Waals surface area contributed by atoms with Crippen molar-refractivity contribution in [1.29, 1.82) is 0 Å². The average molecular weight is 199 g/mol. The van der Waals surface area contributed by atoms with E-state index in [0.29, 0.717) is 6.54 Å². The lowest BCUT2D eigenvalue weighted by Crippen LogP contribution is -2.44. The third kappa shape index (κ3) is 1.89. The van der Waals surface area contributed by atoms with Gasteiger partial charge in [-0.15, -0.1) is 0 Å². The minimum Gasteiger partial charge on any atom is -0.481 e. The summed E-state index contributed by atoms with van der Waals surface area (Å²) in [5.74, 6) is -1.43. The van der Waals surface area contributed by atoms with Crippen LogP contribution >= 0.6 is 0 Å². The highest BCUT2D eigenvalue weighted by Gasteiger charge is 2.40. The second-order valence-corrected chi connectivity index (χ2v) is 4.41. The number of likely N-dealkylation sites (tertiary alicyclic amines) is 1. The summed E-state index contributed by atoms with van der Waals surface area (Å²) in [4.78, 5) is 24.0. The van der Waals surface area contributed by atoms with Crippen molar-refractivity contribution in [1.82, 2.24) is 4.90 Å². The molecule has 1 rings (SSSR count). The molecule has 0 saturated carbocycles. The molecule has 1 heterocycles. The number of hydrogen-bond acceptors (Lipinski definition) is 2. The number of aliphatic carboxylic acids is 1. The van der Waals surface area contributed by atoms with E-state index in [9.17, 15) is 9.59 Å². The van der Waals surface area contributed by atoms with Gasteiger partial charge in [-0.2, -0.15) is 0 Å². The van der Waals surface area contributed by atoms with Gasteiger partial charge in [0.25, 0.3) is 0 Å². The molecule has 1 aliphatic heterocycles. The third-order valence-corrected chi connectivity index (χ3v) is 3.07. The van der Waals surface area contributed by atoms with Gasteiger partial charge in [-0.3, -0.25) is 9.59 Å². The molecule has 4 nitrogen and oxygen atoms in total. The molecule has 0 aromatic heterocycles. The van der Waals surface area contributed by atoms with Crippen LogP contribution in [0.5, 0.6) is 0 Å². The third-order valence-electron chi connectivity index (χ3n) is 3.07. The van der Waals surface area contributed by atoms with Crippen molar-refractivity contribution < 1.29 is 14.7 Å². The van der Waals surface area contributed by atoms with E-state index in [1.807, 2.05) is 20.8 Å². The maximum Gasteiger partial charge on any atom is 0.308 e. The van der Waals surface area contributed by atoms with Gasteiger partial charge in [-0.25, -0.2) is 0 Å². The summed E-state index contributed by atoms with van der Waals surface area (Å²) in [5, 5.41) is 8.81. The van der Waals surface area contributed by atoms with Crippen LogP contribution in [0.4, 0.5) is 0 Å². The van der Waals surface area contributed by atoms with Gasteiger partial charge in [0.1, 0.15) is 0 Å². The van der Waals surface area contributed by atoms with E-state index in [-0.39, 0.29) is 17.9 Å². The van der Waals surface area contributed by atoms with E-state index in [1.54, 1.807) is 4.90 Å². The lowest BCUT2D eigenvalue weighted by Gasteiger charge is -2.34. The van der Waals surface area contributed by atoms with Crippen LogP contribution in [0, 0.1) is 5.92 Å². The molecule has 4 heteroatoms. The first-order valence-corrected chi connectivity index (χ1v) is 4.91. The molecule has 80 valence electrons. The quantitative estimate of drug-likeness (QED) is 0.740. The van der Waals surface area contributed by atoms with Crippen LogP contribution in [-0.4, -0.2) is 34.0 Å². The van der Waals surface area contributed by atoms with Crippen molar-refractivity contribution in [3.63, 3.8) is 0 Å². The molecule has 1 amide bonds. The van der Waals surface area contributed by atoms with Crippen LogP contribution in [0.25, 0.3) is 0 Å². The molecule has 1 saturated heterocycles. The predicted octanol–water partition coefficient (Wildman–Crippen LogP) is 1.11. The second kappa shape index (κ2) is 3.59. The molecule has 0 aromatic rings. The molecule has 14 heavy (non-hydrogen) atoms. The van der Waals surface area contributed by atoms with Crippen molar-refractivity contribution in [2.45, 2.75) is 39.2 Å². The maximum absolute atomic E-state index is 11.6. The molecule has 0 aliphatic carbocycles. The van der Waals surface area contributed by atoms with Crippen LogP contribution in [-0.2, 0) is 9.59 Å². The first-order valence-electron chi connectivity index (χ1n) is 4.91. The standard InChI is InChI=1S/C10H17NO3/c1-4-10(2,3)11-6-7(9(13)14)5-8(11)12/h7H,4-6H2,1-3H3,(H,13,14)/t7-/m0/s1. The Labute approximate surface area is 83.9 Å². The molecule has 0 spiro atoms. The number of carboxylic acid groups (broad SMARTS) is 1. The number of nitrogens with zero attached hydrogens (tertiary/aromatic N) is 1. The number of carbonyl (C=O) groups is 2. The fourth-order valence-corrected chi connectivity index (χ4v) is 1.65. The van der Waals surface area contributed by atoms with Gasteiger partial charge < -0.3 is 10.0 Å². The van der Waals surface area contributed by atoms with Crippen LogP contribution < -0.4 is 0 Å². The van der Waals surface area contributed by atoms with E-state index in [0.717, 1.165) is 6.42 Å². The highest BCUT2D eigenvalue weighted by molar-refractivity contribution is 5.86. The molecule has 1 fully saturated rings. The summed E-state index contributed by atoms with van der Waals surface area (Å²) >= 11 is 0. The minimum atomic E-state index is -0.868. The monoisotopic (exact) mass is 199 g/mol. The van der Waals surface area contributed by atoms with Gasteiger partial charge in [-0.05, 0) is 20.3 Å². The van der Waals surface area contributed by atoms with Gasteiger partial charge >= 0.3 is 5.97 Å². The number of amides is 1. The molecule has 1 atom stereocenters. The van der Waals surface area contributed by atoms with Crippen molar-refractivity contribution in [2.24, 2.45) is 5.92 Å². The Balaban J connectivity index is 2.75. The number of carboxylic acids is 1. The van der Waals surface area contributed by atoms with Crippen molar-refractivity contribution in [3.05, 3.63) is 0 Å². The normalized spacial score (nSPS) is 22.9. The van der Waals surface area contributed by atoms with Crippen molar-refractivity contribution in [2.75, 3.05) is 6.54 Å². The van der Waals surface area contributed by atoms with Gasteiger partial charge in [0, 0.05) is 18.5 Å². The predicted molar refractivity (Wildman–Crippen MR) is 51.8 cm³/mol. The zero-order valence-corrected chi connectivity index (χ0v) is 8.91. The minimum absolute atomic E-state index is 0.0377. The molecular weight excluding hydrogens is 182 g/mol. The molecular formula is C10H17NO3. The fraction of sp³-hybridized carbons (Fsp3) is 0.800. The summed E-state index contributed by atoms with van der Waals surface area (Å²) in [5.41, 5.74) is -0.221. The highest BCUT2D eigenvalue weighted by atomic mass is 16.4. The Bertz CT molecular complexity index is 260. The Morgan fingerprint density at radius 2 is 2.21 bits per heavy atom. The summed E-state index contributed by atoms with van der Waals surface area (Å²) in [6, 6.07) is 0. The van der Waals surface area contributed by atoms with E-state index >= 15 is 0 Å². The van der Waals surface area contributed by atoms with Crippen molar-refractivity contribution in [3.8, 4) is 0 Å². The Hall–Kier alpha value is -1.06. The summed E-state index contributed by atoms with van der Waals surface area (Å²) in [7, 11) is 0. The first-order chi connectivity index (χ1) is 6.38. The van der Waals surface area contributed by atoms with Crippen molar-refractivity contribution >= 4 is 11.9 Å². The SMILES string of the molecule is CCC(C)(C)N1C[C@@H](C(=O)O)CC1=O. The molecule has 0 radical (unpaired) electrons. The van der Waals surface area contributed by atoms with E-state index in [4.69, 9.17) is 5.11 Å². The summed E-state index contributed by atoms with van der Waals surface area (Å²) in [6.07, 6.45) is 0.990. The largest absolute Gasteiger partial charge is 0.481 e. The lowest BCUT2D eigenvalue weighted by atomic mass is 10.00. The van der Waals surface area contributed by atoms with Gasteiger partial charge in [0.15, 0.2) is 0 Å². The van der Waals surface area contributed by atoms with Gasteiger partial charge in [0.2, 0.25) is 5.91 Å². The van der Waals surface area contributed by atoms with Crippen LogP contribution in [0.1, 0.15) is 33.6 Å². The van der Waals surface area contributed by atoms with Gasteiger partial charge in [-0.1, -0.05) is 6.92 Å². The van der Waals surface area contributed by atoms with Crippen LogP contribution in [0.15, 0.2) is 0 Å². The topological polar surface area (TPSA) is 57.6 Å². The summed E-state index contributed by atoms with van der Waals surface area (Å²) in [6.45, 7) is 6.29. The smallest absolute Gasteiger partial charge is 0.308 e. The lowest BCUT2D eigenvalue weighted by molar-refractivity contribution is -0.141. The zero-order chi connectivity index (χ0) is 10.9. The average Bonchev–Trinajstić information content (AvgIpc) is 2.48.